The van der Waals surface area contributed by atoms with Crippen LogP contribution in [0, 0.1) is 11.3 Å². The van der Waals surface area contributed by atoms with Crippen LogP contribution in [0.5, 0.6) is 11.5 Å². The lowest BCUT2D eigenvalue weighted by Gasteiger charge is -2.10. The highest BCUT2D eigenvalue weighted by Crippen LogP contribution is 2.36. The zero-order valence-electron chi connectivity index (χ0n) is 10.5. The van der Waals surface area contributed by atoms with Crippen LogP contribution in [0.4, 0.5) is 5.69 Å². The SMILES string of the molecule is N#Cc1ccc(Cl)c(NCc2cccc3c2OCO3)c1. The molecule has 0 aliphatic carbocycles. The van der Waals surface area contributed by atoms with E-state index in [1.54, 1.807) is 18.2 Å². The summed E-state index contributed by atoms with van der Waals surface area (Å²) in [5, 5.41) is 12.7. The Morgan fingerprint density at radius 2 is 2.15 bits per heavy atom. The largest absolute Gasteiger partial charge is 0.454 e. The molecule has 0 aromatic heterocycles. The standard InChI is InChI=1S/C15H11ClN2O2/c16-12-5-4-10(7-17)6-13(12)18-8-11-2-1-3-14-15(11)20-9-19-14/h1-6,18H,8-9H2. The van der Waals surface area contributed by atoms with Gasteiger partial charge in [0.05, 0.1) is 22.3 Å². The van der Waals surface area contributed by atoms with Crippen LogP contribution in [-0.2, 0) is 6.54 Å². The number of nitriles is 1. The molecule has 0 radical (unpaired) electrons. The summed E-state index contributed by atoms with van der Waals surface area (Å²) < 4.78 is 10.8. The molecule has 5 heteroatoms. The Morgan fingerprint density at radius 3 is 3.00 bits per heavy atom. The van der Waals surface area contributed by atoms with Crippen molar-refractivity contribution in [1.29, 1.82) is 5.26 Å². The summed E-state index contributed by atoms with van der Waals surface area (Å²) in [4.78, 5) is 0. The Hall–Kier alpha value is -2.38. The number of rotatable bonds is 3. The van der Waals surface area contributed by atoms with Crippen LogP contribution in [-0.4, -0.2) is 6.79 Å². The third-order valence-corrected chi connectivity index (χ3v) is 3.37. The molecule has 1 heterocycles. The summed E-state index contributed by atoms with van der Waals surface area (Å²) in [7, 11) is 0. The van der Waals surface area contributed by atoms with Crippen LogP contribution in [0.15, 0.2) is 36.4 Å². The van der Waals surface area contributed by atoms with E-state index in [4.69, 9.17) is 26.3 Å². The first-order valence-corrected chi connectivity index (χ1v) is 6.47. The van der Waals surface area contributed by atoms with Gasteiger partial charge in [-0.05, 0) is 24.3 Å². The Bertz CT molecular complexity index is 693. The van der Waals surface area contributed by atoms with Crippen molar-refractivity contribution in [1.82, 2.24) is 0 Å². The first-order chi connectivity index (χ1) is 9.78. The van der Waals surface area contributed by atoms with Crippen LogP contribution in [0.3, 0.4) is 0 Å². The maximum atomic E-state index is 8.91. The highest BCUT2D eigenvalue weighted by Gasteiger charge is 2.16. The third-order valence-electron chi connectivity index (χ3n) is 3.04. The van der Waals surface area contributed by atoms with Crippen molar-refractivity contribution in [3.05, 3.63) is 52.5 Å². The van der Waals surface area contributed by atoms with E-state index >= 15 is 0 Å². The monoisotopic (exact) mass is 286 g/mol. The summed E-state index contributed by atoms with van der Waals surface area (Å²) in [6.45, 7) is 0.790. The van der Waals surface area contributed by atoms with Crippen molar-refractivity contribution in [2.24, 2.45) is 0 Å². The van der Waals surface area contributed by atoms with Gasteiger partial charge in [0.2, 0.25) is 6.79 Å². The van der Waals surface area contributed by atoms with Crippen molar-refractivity contribution in [3.63, 3.8) is 0 Å². The molecule has 20 heavy (non-hydrogen) atoms. The molecule has 100 valence electrons. The molecule has 1 N–H and O–H groups in total. The fourth-order valence-electron chi connectivity index (χ4n) is 2.05. The van der Waals surface area contributed by atoms with E-state index < -0.39 is 0 Å². The molecule has 4 nitrogen and oxygen atoms in total. The number of benzene rings is 2. The topological polar surface area (TPSA) is 54.3 Å². The predicted octanol–water partition coefficient (Wildman–Crippen LogP) is 3.55. The van der Waals surface area contributed by atoms with E-state index in [9.17, 15) is 0 Å². The van der Waals surface area contributed by atoms with Gasteiger partial charge in [0.15, 0.2) is 11.5 Å². The summed E-state index contributed by atoms with van der Waals surface area (Å²) in [5.41, 5.74) is 2.27. The molecule has 0 fully saturated rings. The molecule has 0 spiro atoms. The molecule has 2 aromatic carbocycles. The number of anilines is 1. The second-order valence-corrected chi connectivity index (χ2v) is 4.72. The Kier molecular flexibility index (Phi) is 3.36. The predicted molar refractivity (Wildman–Crippen MR) is 76.1 cm³/mol. The van der Waals surface area contributed by atoms with Crippen LogP contribution in [0.2, 0.25) is 5.02 Å². The molecule has 3 rings (SSSR count). The number of nitrogens with zero attached hydrogens (tertiary/aromatic N) is 1. The normalized spacial score (nSPS) is 12.0. The van der Waals surface area contributed by atoms with Crippen molar-refractivity contribution < 1.29 is 9.47 Å². The lowest BCUT2D eigenvalue weighted by Crippen LogP contribution is -2.02. The van der Waals surface area contributed by atoms with Gasteiger partial charge in [0.25, 0.3) is 0 Å². The Balaban J connectivity index is 1.81. The van der Waals surface area contributed by atoms with Gasteiger partial charge in [0, 0.05) is 12.1 Å². The Labute approximate surface area is 121 Å². The van der Waals surface area contributed by atoms with E-state index in [0.717, 1.165) is 22.7 Å². The number of halogens is 1. The van der Waals surface area contributed by atoms with E-state index in [2.05, 4.69) is 11.4 Å². The lowest BCUT2D eigenvalue weighted by molar-refractivity contribution is 0.173. The molecule has 0 bridgehead atoms. The zero-order valence-corrected chi connectivity index (χ0v) is 11.3. The van der Waals surface area contributed by atoms with Crippen LogP contribution in [0.25, 0.3) is 0 Å². The number of nitrogens with one attached hydrogen (secondary N) is 1. The Morgan fingerprint density at radius 1 is 1.25 bits per heavy atom. The van der Waals surface area contributed by atoms with Gasteiger partial charge in [-0.15, -0.1) is 0 Å². The number of ether oxygens (including phenoxy) is 2. The van der Waals surface area contributed by atoms with Gasteiger partial charge in [-0.1, -0.05) is 23.7 Å². The summed E-state index contributed by atoms with van der Waals surface area (Å²) >= 11 is 6.11. The highest BCUT2D eigenvalue weighted by molar-refractivity contribution is 6.33. The van der Waals surface area contributed by atoms with Gasteiger partial charge in [-0.2, -0.15) is 5.26 Å². The smallest absolute Gasteiger partial charge is 0.231 e. The van der Waals surface area contributed by atoms with Gasteiger partial charge >= 0.3 is 0 Å². The van der Waals surface area contributed by atoms with Gasteiger partial charge in [-0.25, -0.2) is 0 Å². The molecule has 2 aromatic rings. The number of para-hydroxylation sites is 1. The van der Waals surface area contributed by atoms with E-state index in [1.165, 1.54) is 0 Å². The van der Waals surface area contributed by atoms with Crippen molar-refractivity contribution in [3.8, 4) is 17.6 Å². The maximum Gasteiger partial charge on any atom is 0.231 e. The fourth-order valence-corrected chi connectivity index (χ4v) is 2.23. The molecule has 1 aliphatic rings. The second-order valence-electron chi connectivity index (χ2n) is 4.31. The minimum Gasteiger partial charge on any atom is -0.454 e. The zero-order chi connectivity index (χ0) is 13.9. The molecule has 0 saturated heterocycles. The highest BCUT2D eigenvalue weighted by atomic mass is 35.5. The minimum atomic E-state index is 0.247. The molecule has 1 aliphatic heterocycles. The lowest BCUT2D eigenvalue weighted by atomic mass is 10.1. The third kappa shape index (κ3) is 2.36. The summed E-state index contributed by atoms with van der Waals surface area (Å²) in [5.74, 6) is 1.51. The minimum absolute atomic E-state index is 0.247. The van der Waals surface area contributed by atoms with Crippen molar-refractivity contribution in [2.75, 3.05) is 12.1 Å². The molecule has 0 atom stereocenters. The molecular weight excluding hydrogens is 276 g/mol. The van der Waals surface area contributed by atoms with E-state index in [-0.39, 0.29) is 6.79 Å². The van der Waals surface area contributed by atoms with Crippen LogP contribution in [0.1, 0.15) is 11.1 Å². The average molecular weight is 287 g/mol. The number of hydrogen-bond donors (Lipinski definition) is 1. The number of hydrogen-bond acceptors (Lipinski definition) is 4. The van der Waals surface area contributed by atoms with Crippen LogP contribution >= 0.6 is 11.6 Å². The number of fused-ring (bicyclic) bond motifs is 1. The first-order valence-electron chi connectivity index (χ1n) is 6.09. The van der Waals surface area contributed by atoms with Gasteiger partial charge < -0.3 is 14.8 Å². The quantitative estimate of drug-likeness (QED) is 0.937. The molecule has 0 amide bonds. The van der Waals surface area contributed by atoms with Crippen molar-refractivity contribution in [2.45, 2.75) is 6.54 Å². The summed E-state index contributed by atoms with van der Waals surface area (Å²) in [6, 6.07) is 13.0. The molecular formula is C15H11ClN2O2. The van der Waals surface area contributed by atoms with Gasteiger partial charge in [-0.3, -0.25) is 0 Å². The maximum absolute atomic E-state index is 8.91. The van der Waals surface area contributed by atoms with E-state index in [0.29, 0.717) is 17.1 Å². The molecule has 0 saturated carbocycles. The van der Waals surface area contributed by atoms with Crippen LogP contribution < -0.4 is 14.8 Å². The first kappa shape index (κ1) is 12.6. The second kappa shape index (κ2) is 5.32. The molecule has 0 unspecified atom stereocenters. The van der Waals surface area contributed by atoms with E-state index in [1.807, 2.05) is 18.2 Å². The fraction of sp³-hybridized carbons (Fsp3) is 0.133. The van der Waals surface area contributed by atoms with Crippen molar-refractivity contribution >= 4 is 17.3 Å². The van der Waals surface area contributed by atoms with Gasteiger partial charge in [0.1, 0.15) is 0 Å². The summed E-state index contributed by atoms with van der Waals surface area (Å²) in [6.07, 6.45) is 0. The average Bonchev–Trinajstić information content (AvgIpc) is 2.95.